The van der Waals surface area contributed by atoms with Crippen molar-refractivity contribution in [2.45, 2.75) is 52.1 Å². The lowest BCUT2D eigenvalue weighted by Crippen LogP contribution is -2.36. The average Bonchev–Trinajstić information content (AvgIpc) is 3.47. The van der Waals surface area contributed by atoms with Crippen LogP contribution in [0, 0.1) is 0 Å². The Morgan fingerprint density at radius 3 is 2.82 bits per heavy atom. The Balaban J connectivity index is 1.39. The van der Waals surface area contributed by atoms with Crippen molar-refractivity contribution in [2.24, 2.45) is 0 Å². The van der Waals surface area contributed by atoms with Gasteiger partial charge in [0.25, 0.3) is 5.91 Å². The molecular weight excluding hydrogens is 432 g/mol. The largest absolute Gasteiger partial charge is 0.496 e. The minimum atomic E-state index is -0.312. The van der Waals surface area contributed by atoms with Gasteiger partial charge in [-0.15, -0.1) is 10.2 Å². The summed E-state index contributed by atoms with van der Waals surface area (Å²) in [5, 5.41) is 11.4. The molecule has 0 spiro atoms. The number of nitrogens with zero attached hydrogens (tertiary/aromatic N) is 5. The monoisotopic (exact) mass is 460 g/mol. The third-order valence-electron chi connectivity index (χ3n) is 6.42. The van der Waals surface area contributed by atoms with Crippen molar-refractivity contribution in [1.82, 2.24) is 24.6 Å². The van der Waals surface area contributed by atoms with Crippen LogP contribution < -0.4 is 10.1 Å². The predicted octanol–water partition coefficient (Wildman–Crippen LogP) is 3.23. The summed E-state index contributed by atoms with van der Waals surface area (Å²) in [4.78, 5) is 32.1. The Bertz CT molecular complexity index is 1250. The molecule has 0 saturated heterocycles. The van der Waals surface area contributed by atoms with Gasteiger partial charge >= 0.3 is 0 Å². The van der Waals surface area contributed by atoms with Crippen LogP contribution in [0.25, 0.3) is 11.5 Å². The second-order valence-corrected chi connectivity index (χ2v) is 8.69. The minimum Gasteiger partial charge on any atom is -0.496 e. The molecule has 0 atom stereocenters. The number of methoxy groups -OCH3 is 1. The number of hydrogen-bond donors (Lipinski definition) is 1. The van der Waals surface area contributed by atoms with E-state index in [9.17, 15) is 9.59 Å². The summed E-state index contributed by atoms with van der Waals surface area (Å²) in [6.45, 7) is 4.07. The van der Waals surface area contributed by atoms with Crippen LogP contribution in [-0.4, -0.2) is 50.1 Å². The first-order valence-electron chi connectivity index (χ1n) is 11.8. The van der Waals surface area contributed by atoms with Crippen LogP contribution in [0.2, 0.25) is 0 Å². The van der Waals surface area contributed by atoms with Crippen LogP contribution in [0.5, 0.6) is 5.75 Å². The molecule has 2 amide bonds. The van der Waals surface area contributed by atoms with E-state index in [1.54, 1.807) is 13.2 Å². The van der Waals surface area contributed by atoms with Crippen LogP contribution in [0.1, 0.15) is 53.5 Å². The highest BCUT2D eigenvalue weighted by atomic mass is 16.5. The highest BCUT2D eigenvalue weighted by Crippen LogP contribution is 2.29. The van der Waals surface area contributed by atoms with Gasteiger partial charge in [-0.2, -0.15) is 0 Å². The maximum absolute atomic E-state index is 13.2. The Morgan fingerprint density at radius 2 is 2.00 bits per heavy atom. The topological polar surface area (TPSA) is 102 Å². The predicted molar refractivity (Wildman–Crippen MR) is 127 cm³/mol. The molecule has 0 aliphatic carbocycles. The molecule has 3 aromatic rings. The number of anilines is 1. The highest BCUT2D eigenvalue weighted by molar-refractivity contribution is 6.06. The Labute approximate surface area is 198 Å². The Hall–Kier alpha value is -3.75. The first kappa shape index (κ1) is 22.1. The molecule has 2 aliphatic rings. The number of ether oxygens (including phenoxy) is 1. The zero-order valence-electron chi connectivity index (χ0n) is 19.5. The van der Waals surface area contributed by atoms with Crippen LogP contribution in [0.4, 0.5) is 5.82 Å². The number of pyridine rings is 1. The van der Waals surface area contributed by atoms with Crippen molar-refractivity contribution in [3.63, 3.8) is 0 Å². The second-order valence-electron chi connectivity index (χ2n) is 8.69. The Kier molecular flexibility index (Phi) is 6.00. The number of carbonyl (C=O) groups is 2. The van der Waals surface area contributed by atoms with E-state index < -0.39 is 0 Å². The summed E-state index contributed by atoms with van der Waals surface area (Å²) in [6, 6.07) is 9.21. The number of benzene rings is 1. The molecule has 4 heterocycles. The minimum absolute atomic E-state index is 0.149. The van der Waals surface area contributed by atoms with Crippen molar-refractivity contribution < 1.29 is 14.3 Å². The second kappa shape index (κ2) is 9.24. The fourth-order valence-corrected chi connectivity index (χ4v) is 4.67. The number of carbonyl (C=O) groups excluding carboxylic acids is 2. The van der Waals surface area contributed by atoms with Gasteiger partial charge in [0.15, 0.2) is 5.82 Å². The summed E-state index contributed by atoms with van der Waals surface area (Å²) in [5.41, 5.74) is 3.17. The van der Waals surface area contributed by atoms with Crippen LogP contribution in [0.15, 0.2) is 30.3 Å². The van der Waals surface area contributed by atoms with E-state index in [0.717, 1.165) is 49.2 Å². The third kappa shape index (κ3) is 4.13. The maximum atomic E-state index is 13.2. The third-order valence-corrected chi connectivity index (χ3v) is 6.42. The van der Waals surface area contributed by atoms with Crippen LogP contribution >= 0.6 is 0 Å². The summed E-state index contributed by atoms with van der Waals surface area (Å²) < 4.78 is 7.61. The quantitative estimate of drug-likeness (QED) is 0.606. The normalized spacial score (nSPS) is 14.5. The molecule has 0 unspecified atom stereocenters. The number of aromatic nitrogens is 4. The van der Waals surface area contributed by atoms with E-state index in [-0.39, 0.29) is 11.8 Å². The molecule has 2 aliphatic heterocycles. The van der Waals surface area contributed by atoms with Crippen molar-refractivity contribution in [3.8, 4) is 17.3 Å². The van der Waals surface area contributed by atoms with Crippen molar-refractivity contribution in [2.75, 3.05) is 19.0 Å². The fourth-order valence-electron chi connectivity index (χ4n) is 4.67. The molecule has 5 rings (SSSR count). The van der Waals surface area contributed by atoms with Crippen molar-refractivity contribution in [1.29, 1.82) is 0 Å². The number of rotatable bonds is 6. The van der Waals surface area contributed by atoms with Gasteiger partial charge in [0.05, 0.1) is 12.7 Å². The molecule has 0 radical (unpaired) electrons. The number of hydrogen-bond acceptors (Lipinski definition) is 6. The van der Waals surface area contributed by atoms with Crippen LogP contribution in [0.3, 0.4) is 0 Å². The molecule has 1 aromatic carbocycles. The van der Waals surface area contributed by atoms with Gasteiger partial charge in [0.1, 0.15) is 23.1 Å². The van der Waals surface area contributed by atoms with Gasteiger partial charge < -0.3 is 19.5 Å². The molecule has 176 valence electrons. The van der Waals surface area contributed by atoms with Crippen LogP contribution in [-0.2, 0) is 30.7 Å². The molecule has 9 heteroatoms. The number of aryl methyl sites for hydroxylation is 1. The van der Waals surface area contributed by atoms with E-state index >= 15 is 0 Å². The fraction of sp³-hybridized carbons (Fsp3) is 0.400. The van der Waals surface area contributed by atoms with Gasteiger partial charge in [-0.25, -0.2) is 4.98 Å². The molecule has 0 saturated carbocycles. The van der Waals surface area contributed by atoms with E-state index in [1.807, 2.05) is 36.1 Å². The number of fused-ring (bicyclic) bond motifs is 2. The molecule has 0 bridgehead atoms. The molecule has 34 heavy (non-hydrogen) atoms. The lowest BCUT2D eigenvalue weighted by Gasteiger charge is -2.29. The first-order valence-corrected chi connectivity index (χ1v) is 11.8. The summed E-state index contributed by atoms with van der Waals surface area (Å²) >= 11 is 0. The lowest BCUT2D eigenvalue weighted by molar-refractivity contribution is -0.132. The summed E-state index contributed by atoms with van der Waals surface area (Å²) in [7, 11) is 1.56. The van der Waals surface area contributed by atoms with E-state index in [0.29, 0.717) is 48.2 Å². The van der Waals surface area contributed by atoms with E-state index in [1.165, 1.54) is 0 Å². The average molecular weight is 461 g/mol. The number of nitrogens with one attached hydrogen (secondary N) is 1. The zero-order chi connectivity index (χ0) is 23.7. The van der Waals surface area contributed by atoms with Gasteiger partial charge in [-0.05, 0) is 54.7 Å². The zero-order valence-corrected chi connectivity index (χ0v) is 19.5. The molecular formula is C25H28N6O3. The van der Waals surface area contributed by atoms with Gasteiger partial charge in [0.2, 0.25) is 5.91 Å². The lowest BCUT2D eigenvalue weighted by atomic mass is 9.96. The smallest absolute Gasteiger partial charge is 0.260 e. The Morgan fingerprint density at radius 1 is 1.12 bits per heavy atom. The van der Waals surface area contributed by atoms with E-state index in [4.69, 9.17) is 4.74 Å². The van der Waals surface area contributed by atoms with Gasteiger partial charge in [-0.3, -0.25) is 9.59 Å². The molecule has 9 nitrogen and oxygen atoms in total. The van der Waals surface area contributed by atoms with Crippen molar-refractivity contribution >= 4 is 17.6 Å². The molecule has 0 fully saturated rings. The van der Waals surface area contributed by atoms with Gasteiger partial charge in [0, 0.05) is 32.5 Å². The summed E-state index contributed by atoms with van der Waals surface area (Å²) in [5.74, 6) is 2.46. The van der Waals surface area contributed by atoms with Gasteiger partial charge in [-0.1, -0.05) is 13.0 Å². The standard InChI is InChI=1S/C25H28N6O3/c1-3-6-23(32)30-12-10-16-14-20(34-2)18(13-17(16)15-30)25(33)27-21-8-4-7-19(26-21)24-29-28-22-9-5-11-31(22)24/h4,7-8,13-14H,3,5-6,9-12,15H2,1-2H3,(H,26,27,33). The number of amides is 2. The SMILES string of the molecule is CCCC(=O)N1CCc2cc(OC)c(C(=O)Nc3cccc(-c4nnc5n4CCC5)n3)cc2C1. The van der Waals surface area contributed by atoms with E-state index in [2.05, 4.69) is 25.1 Å². The van der Waals surface area contributed by atoms with Crippen molar-refractivity contribution in [3.05, 3.63) is 52.8 Å². The molecule has 1 N–H and O–H groups in total. The maximum Gasteiger partial charge on any atom is 0.260 e. The molecule has 2 aromatic heterocycles. The summed E-state index contributed by atoms with van der Waals surface area (Å²) in [6.07, 6.45) is 4.07. The highest BCUT2D eigenvalue weighted by Gasteiger charge is 2.24. The first-order chi connectivity index (χ1) is 16.6.